The summed E-state index contributed by atoms with van der Waals surface area (Å²) in [5.41, 5.74) is 4.33. The Labute approximate surface area is 127 Å². The lowest BCUT2D eigenvalue weighted by molar-refractivity contribution is 0.495. The monoisotopic (exact) mass is 287 g/mol. The molecule has 0 bridgehead atoms. The van der Waals surface area contributed by atoms with E-state index in [2.05, 4.69) is 81.0 Å². The number of benzene rings is 1. The highest BCUT2D eigenvalue weighted by Gasteiger charge is 2.15. The van der Waals surface area contributed by atoms with Crippen LogP contribution in [0.1, 0.15) is 63.4 Å². The van der Waals surface area contributed by atoms with Gasteiger partial charge in [-0.25, -0.2) is 0 Å². The van der Waals surface area contributed by atoms with Crippen LogP contribution >= 0.6 is 11.3 Å². The van der Waals surface area contributed by atoms with E-state index in [1.54, 1.807) is 11.3 Å². The van der Waals surface area contributed by atoms with Crippen LogP contribution in [0.25, 0.3) is 0 Å². The smallest absolute Gasteiger partial charge is 0.0305 e. The predicted octanol–water partition coefficient (Wildman–Crippen LogP) is 5.46. The zero-order chi connectivity index (χ0) is 14.8. The molecule has 0 spiro atoms. The molecule has 2 rings (SSSR count). The highest BCUT2D eigenvalue weighted by molar-refractivity contribution is 7.07. The molecular formula is C18H25NS. The summed E-state index contributed by atoms with van der Waals surface area (Å²) in [6.45, 7) is 11.2. The largest absolute Gasteiger partial charge is 0.304 e. The number of thiophene rings is 1. The summed E-state index contributed by atoms with van der Waals surface area (Å²) in [6.07, 6.45) is 0. The van der Waals surface area contributed by atoms with Crippen LogP contribution in [0, 0.1) is 0 Å². The number of rotatable bonds is 4. The molecule has 2 unspecified atom stereocenters. The van der Waals surface area contributed by atoms with Gasteiger partial charge in [-0.15, -0.1) is 0 Å². The van der Waals surface area contributed by atoms with E-state index < -0.39 is 0 Å². The van der Waals surface area contributed by atoms with Gasteiger partial charge < -0.3 is 5.32 Å². The van der Waals surface area contributed by atoms with Crippen molar-refractivity contribution in [3.63, 3.8) is 0 Å². The number of hydrogen-bond acceptors (Lipinski definition) is 2. The van der Waals surface area contributed by atoms with Crippen LogP contribution in [-0.4, -0.2) is 0 Å². The Morgan fingerprint density at radius 3 is 2.00 bits per heavy atom. The van der Waals surface area contributed by atoms with Crippen molar-refractivity contribution in [1.82, 2.24) is 5.32 Å². The van der Waals surface area contributed by atoms with Gasteiger partial charge in [0.2, 0.25) is 0 Å². The molecule has 1 aromatic heterocycles. The maximum atomic E-state index is 3.66. The molecule has 0 aliphatic rings. The fourth-order valence-corrected chi connectivity index (χ4v) is 3.11. The Morgan fingerprint density at radius 2 is 1.50 bits per heavy atom. The van der Waals surface area contributed by atoms with Crippen molar-refractivity contribution < 1.29 is 0 Å². The van der Waals surface area contributed by atoms with Gasteiger partial charge in [0.15, 0.2) is 0 Å². The van der Waals surface area contributed by atoms with Crippen molar-refractivity contribution in [1.29, 1.82) is 0 Å². The number of nitrogens with one attached hydrogen (secondary N) is 1. The molecule has 1 heterocycles. The van der Waals surface area contributed by atoms with E-state index >= 15 is 0 Å². The van der Waals surface area contributed by atoms with Crippen LogP contribution in [0.15, 0.2) is 41.1 Å². The molecule has 108 valence electrons. The molecule has 2 aromatic rings. The van der Waals surface area contributed by atoms with E-state index in [1.807, 2.05) is 0 Å². The molecule has 0 radical (unpaired) electrons. The molecule has 0 fully saturated rings. The van der Waals surface area contributed by atoms with E-state index in [4.69, 9.17) is 0 Å². The third-order valence-corrected chi connectivity index (χ3v) is 4.52. The van der Waals surface area contributed by atoms with Gasteiger partial charge in [0.1, 0.15) is 0 Å². The molecule has 20 heavy (non-hydrogen) atoms. The molecule has 1 N–H and O–H groups in total. The molecule has 0 aliphatic heterocycles. The average Bonchev–Trinajstić information content (AvgIpc) is 2.91. The summed E-state index contributed by atoms with van der Waals surface area (Å²) in [4.78, 5) is 0. The summed E-state index contributed by atoms with van der Waals surface area (Å²) in [5.74, 6) is 0. The molecular weight excluding hydrogens is 262 g/mol. The van der Waals surface area contributed by atoms with E-state index in [-0.39, 0.29) is 5.41 Å². The fourth-order valence-electron chi connectivity index (χ4n) is 2.36. The first-order valence-corrected chi connectivity index (χ1v) is 8.21. The summed E-state index contributed by atoms with van der Waals surface area (Å²) in [6, 6.07) is 11.9. The summed E-state index contributed by atoms with van der Waals surface area (Å²) >= 11 is 1.76. The van der Waals surface area contributed by atoms with Crippen LogP contribution in [0.2, 0.25) is 0 Å². The Hall–Kier alpha value is -1.12. The molecule has 0 amide bonds. The van der Waals surface area contributed by atoms with Crippen LogP contribution < -0.4 is 5.32 Å². The highest BCUT2D eigenvalue weighted by Crippen LogP contribution is 2.25. The van der Waals surface area contributed by atoms with Crippen LogP contribution in [0.3, 0.4) is 0 Å². The third kappa shape index (κ3) is 3.71. The quantitative estimate of drug-likeness (QED) is 0.787. The van der Waals surface area contributed by atoms with Crippen molar-refractivity contribution in [2.24, 2.45) is 0 Å². The van der Waals surface area contributed by atoms with Gasteiger partial charge >= 0.3 is 0 Å². The Morgan fingerprint density at radius 1 is 0.900 bits per heavy atom. The topological polar surface area (TPSA) is 12.0 Å². The molecule has 2 atom stereocenters. The zero-order valence-corrected chi connectivity index (χ0v) is 13.9. The minimum atomic E-state index is 0.221. The van der Waals surface area contributed by atoms with Gasteiger partial charge in [0, 0.05) is 12.1 Å². The second-order valence-electron chi connectivity index (χ2n) is 6.54. The standard InChI is InChI=1S/C18H25NS/c1-13(19-14(2)16-10-11-20-12-16)15-6-8-17(9-7-15)18(3,4)5/h6-14,19H,1-5H3. The van der Waals surface area contributed by atoms with Gasteiger partial charge in [-0.05, 0) is 52.8 Å². The van der Waals surface area contributed by atoms with Crippen LogP contribution in [0.4, 0.5) is 0 Å². The zero-order valence-electron chi connectivity index (χ0n) is 13.1. The molecule has 2 heteroatoms. The maximum Gasteiger partial charge on any atom is 0.0305 e. The Kier molecular flexibility index (Phi) is 4.66. The second-order valence-corrected chi connectivity index (χ2v) is 7.32. The van der Waals surface area contributed by atoms with E-state index in [0.717, 1.165) is 0 Å². The van der Waals surface area contributed by atoms with Gasteiger partial charge in [-0.3, -0.25) is 0 Å². The highest BCUT2D eigenvalue weighted by atomic mass is 32.1. The normalized spacial score (nSPS) is 15.1. The maximum absolute atomic E-state index is 3.66. The lowest BCUT2D eigenvalue weighted by Crippen LogP contribution is -2.22. The van der Waals surface area contributed by atoms with Crippen LogP contribution in [-0.2, 0) is 5.41 Å². The fraction of sp³-hybridized carbons (Fsp3) is 0.444. The van der Waals surface area contributed by atoms with Crippen molar-refractivity contribution in [2.75, 3.05) is 0 Å². The van der Waals surface area contributed by atoms with Gasteiger partial charge in [-0.2, -0.15) is 11.3 Å². The minimum Gasteiger partial charge on any atom is -0.304 e. The van der Waals surface area contributed by atoms with Crippen molar-refractivity contribution in [2.45, 2.75) is 52.1 Å². The summed E-state index contributed by atoms with van der Waals surface area (Å²) in [5, 5.41) is 8.01. The van der Waals surface area contributed by atoms with Gasteiger partial charge in [0.25, 0.3) is 0 Å². The summed E-state index contributed by atoms with van der Waals surface area (Å²) < 4.78 is 0. The van der Waals surface area contributed by atoms with E-state index in [0.29, 0.717) is 12.1 Å². The molecule has 0 saturated carbocycles. The average molecular weight is 287 g/mol. The molecule has 0 aliphatic carbocycles. The van der Waals surface area contributed by atoms with Crippen LogP contribution in [0.5, 0.6) is 0 Å². The SMILES string of the molecule is CC(NC(C)c1ccsc1)c1ccc(C(C)(C)C)cc1. The Bertz CT molecular complexity index is 520. The minimum absolute atomic E-state index is 0.221. The molecule has 0 saturated heterocycles. The van der Waals surface area contributed by atoms with Crippen molar-refractivity contribution in [3.8, 4) is 0 Å². The molecule has 1 nitrogen and oxygen atoms in total. The first kappa shape index (κ1) is 15.3. The predicted molar refractivity (Wildman–Crippen MR) is 89.4 cm³/mol. The Balaban J connectivity index is 2.04. The van der Waals surface area contributed by atoms with Crippen molar-refractivity contribution >= 4 is 11.3 Å². The van der Waals surface area contributed by atoms with Crippen molar-refractivity contribution in [3.05, 3.63) is 57.8 Å². The van der Waals surface area contributed by atoms with E-state index in [1.165, 1.54) is 16.7 Å². The lowest BCUT2D eigenvalue weighted by atomic mass is 9.86. The lowest BCUT2D eigenvalue weighted by Gasteiger charge is -2.22. The number of hydrogen-bond donors (Lipinski definition) is 1. The first-order chi connectivity index (χ1) is 9.38. The third-order valence-electron chi connectivity index (χ3n) is 3.82. The van der Waals surface area contributed by atoms with Gasteiger partial charge in [0.05, 0.1) is 0 Å². The van der Waals surface area contributed by atoms with Gasteiger partial charge in [-0.1, -0.05) is 45.0 Å². The second kappa shape index (κ2) is 6.11. The molecule has 1 aromatic carbocycles. The first-order valence-electron chi connectivity index (χ1n) is 7.26. The summed E-state index contributed by atoms with van der Waals surface area (Å²) in [7, 11) is 0. The van der Waals surface area contributed by atoms with E-state index in [9.17, 15) is 0 Å².